The predicted molar refractivity (Wildman–Crippen MR) is 47.4 cm³/mol. The number of nitrogens with zero attached hydrogens (tertiary/aromatic N) is 1. The van der Waals surface area contributed by atoms with E-state index in [1.54, 1.807) is 0 Å². The van der Waals surface area contributed by atoms with Gasteiger partial charge in [0.25, 0.3) is 0 Å². The van der Waals surface area contributed by atoms with Crippen molar-refractivity contribution in [2.24, 2.45) is 5.16 Å². The lowest BCUT2D eigenvalue weighted by molar-refractivity contribution is -0.168. The van der Waals surface area contributed by atoms with Gasteiger partial charge in [-0.1, -0.05) is 5.16 Å². The molecule has 15 heavy (non-hydrogen) atoms. The van der Waals surface area contributed by atoms with Crippen LogP contribution < -0.4 is 0 Å². The van der Waals surface area contributed by atoms with Crippen LogP contribution in [0.2, 0.25) is 0 Å². The van der Waals surface area contributed by atoms with Crippen LogP contribution in [0.1, 0.15) is 12.8 Å². The van der Waals surface area contributed by atoms with Crippen LogP contribution in [0.4, 0.5) is 0 Å². The summed E-state index contributed by atoms with van der Waals surface area (Å²) in [5.74, 6) is -0.936. The standard InChI is InChI=1S/C8H13NO6/c1-15-7(12)8(13)2-4(9-14)6(11)5(10)3-8/h5-6,10-11,13-14H,2-3H2,1H3. The predicted octanol–water partition coefficient (Wildman–Crippen LogP) is -1.76. The Bertz CT molecular complexity index is 291. The van der Waals surface area contributed by atoms with Gasteiger partial charge < -0.3 is 25.3 Å². The maximum absolute atomic E-state index is 11.2. The number of aliphatic hydroxyl groups excluding tert-OH is 2. The van der Waals surface area contributed by atoms with Gasteiger partial charge in [0.05, 0.1) is 18.9 Å². The SMILES string of the molecule is COC(=O)C1(O)CC(=NO)C(O)C(O)C1. The average Bonchev–Trinajstić information content (AvgIpc) is 2.22. The third kappa shape index (κ3) is 2.09. The number of carbonyl (C=O) groups is 1. The summed E-state index contributed by atoms with van der Waals surface area (Å²) < 4.78 is 4.35. The number of hydrogen-bond acceptors (Lipinski definition) is 7. The van der Waals surface area contributed by atoms with Gasteiger partial charge in [-0.25, -0.2) is 4.79 Å². The number of methoxy groups -OCH3 is 1. The molecule has 0 aromatic rings. The van der Waals surface area contributed by atoms with E-state index in [1.807, 2.05) is 0 Å². The largest absolute Gasteiger partial charge is 0.467 e. The molecular weight excluding hydrogens is 206 g/mol. The second kappa shape index (κ2) is 4.13. The second-order valence-corrected chi connectivity index (χ2v) is 3.51. The smallest absolute Gasteiger partial charge is 0.338 e. The van der Waals surface area contributed by atoms with E-state index in [0.29, 0.717) is 0 Å². The monoisotopic (exact) mass is 219 g/mol. The molecule has 1 saturated carbocycles. The molecule has 1 aliphatic carbocycles. The molecule has 0 aromatic carbocycles. The van der Waals surface area contributed by atoms with E-state index in [1.165, 1.54) is 0 Å². The highest BCUT2D eigenvalue weighted by molar-refractivity contribution is 5.96. The van der Waals surface area contributed by atoms with Gasteiger partial charge in [0.1, 0.15) is 6.10 Å². The quantitative estimate of drug-likeness (QED) is 0.235. The first-order valence-electron chi connectivity index (χ1n) is 4.32. The summed E-state index contributed by atoms with van der Waals surface area (Å²) >= 11 is 0. The first-order valence-corrected chi connectivity index (χ1v) is 4.32. The molecule has 0 saturated heterocycles. The molecule has 0 heterocycles. The fourth-order valence-corrected chi connectivity index (χ4v) is 1.60. The molecule has 0 bridgehead atoms. The van der Waals surface area contributed by atoms with Gasteiger partial charge in [-0.05, 0) is 0 Å². The molecule has 1 fully saturated rings. The summed E-state index contributed by atoms with van der Waals surface area (Å²) in [5.41, 5.74) is -2.20. The molecule has 0 aliphatic heterocycles. The number of rotatable bonds is 1. The number of oxime groups is 1. The van der Waals surface area contributed by atoms with Gasteiger partial charge in [0.15, 0.2) is 5.60 Å². The number of carbonyl (C=O) groups excluding carboxylic acids is 1. The lowest BCUT2D eigenvalue weighted by atomic mass is 9.80. The van der Waals surface area contributed by atoms with Gasteiger partial charge >= 0.3 is 5.97 Å². The number of ether oxygens (including phenoxy) is 1. The fraction of sp³-hybridized carbons (Fsp3) is 0.750. The molecule has 7 heteroatoms. The molecule has 0 spiro atoms. The normalized spacial score (nSPS) is 39.1. The first kappa shape index (κ1) is 11.9. The average molecular weight is 219 g/mol. The van der Waals surface area contributed by atoms with Gasteiger partial charge in [-0.3, -0.25) is 0 Å². The van der Waals surface area contributed by atoms with Crippen LogP contribution in [0.15, 0.2) is 5.16 Å². The van der Waals surface area contributed by atoms with Crippen LogP contribution in [0.3, 0.4) is 0 Å². The molecule has 3 unspecified atom stereocenters. The molecule has 86 valence electrons. The van der Waals surface area contributed by atoms with Crippen molar-refractivity contribution in [3.05, 3.63) is 0 Å². The topological polar surface area (TPSA) is 120 Å². The van der Waals surface area contributed by atoms with Crippen molar-refractivity contribution in [2.45, 2.75) is 30.7 Å². The molecule has 7 nitrogen and oxygen atoms in total. The summed E-state index contributed by atoms with van der Waals surface area (Å²) in [5, 5.41) is 39.7. The summed E-state index contributed by atoms with van der Waals surface area (Å²) in [6.45, 7) is 0. The van der Waals surface area contributed by atoms with Crippen molar-refractivity contribution in [2.75, 3.05) is 7.11 Å². The van der Waals surface area contributed by atoms with Crippen molar-refractivity contribution in [3.8, 4) is 0 Å². The number of aliphatic hydroxyl groups is 3. The Labute approximate surface area is 85.6 Å². The third-order valence-corrected chi connectivity index (χ3v) is 2.42. The molecule has 4 N–H and O–H groups in total. The Morgan fingerprint density at radius 2 is 2.20 bits per heavy atom. The lowest BCUT2D eigenvalue weighted by Crippen LogP contribution is -2.54. The van der Waals surface area contributed by atoms with Crippen molar-refractivity contribution in [1.82, 2.24) is 0 Å². The summed E-state index contributed by atoms with van der Waals surface area (Å²) in [4.78, 5) is 11.2. The van der Waals surface area contributed by atoms with Crippen LogP contribution in [-0.4, -0.2) is 57.1 Å². The lowest BCUT2D eigenvalue weighted by Gasteiger charge is -2.35. The highest BCUT2D eigenvalue weighted by atomic mass is 16.5. The summed E-state index contributed by atoms with van der Waals surface area (Å²) in [7, 11) is 1.09. The molecule has 0 aromatic heterocycles. The van der Waals surface area contributed by atoms with Crippen LogP contribution in [-0.2, 0) is 9.53 Å². The zero-order valence-corrected chi connectivity index (χ0v) is 8.12. The Balaban J connectivity index is 2.92. The Morgan fingerprint density at radius 3 is 2.67 bits per heavy atom. The van der Waals surface area contributed by atoms with E-state index < -0.39 is 23.8 Å². The van der Waals surface area contributed by atoms with E-state index in [0.717, 1.165) is 7.11 Å². The Morgan fingerprint density at radius 1 is 1.60 bits per heavy atom. The van der Waals surface area contributed by atoms with Gasteiger partial charge in [0.2, 0.25) is 0 Å². The van der Waals surface area contributed by atoms with Crippen LogP contribution in [0.25, 0.3) is 0 Å². The third-order valence-electron chi connectivity index (χ3n) is 2.42. The van der Waals surface area contributed by atoms with Crippen molar-refractivity contribution >= 4 is 11.7 Å². The Hall–Kier alpha value is -1.18. The van der Waals surface area contributed by atoms with E-state index in [2.05, 4.69) is 9.89 Å². The second-order valence-electron chi connectivity index (χ2n) is 3.51. The Kier molecular flexibility index (Phi) is 3.28. The summed E-state index contributed by atoms with van der Waals surface area (Å²) in [6, 6.07) is 0. The van der Waals surface area contributed by atoms with Crippen molar-refractivity contribution < 1.29 is 30.1 Å². The van der Waals surface area contributed by atoms with Gasteiger partial charge in [-0.2, -0.15) is 0 Å². The zero-order chi connectivity index (χ0) is 11.6. The summed E-state index contributed by atoms with van der Waals surface area (Å²) in [6.07, 6.45) is -3.47. The van der Waals surface area contributed by atoms with Gasteiger partial charge in [-0.15, -0.1) is 0 Å². The molecule has 0 amide bonds. The molecule has 1 aliphatic rings. The van der Waals surface area contributed by atoms with Gasteiger partial charge in [0, 0.05) is 12.8 Å². The van der Waals surface area contributed by atoms with Crippen molar-refractivity contribution in [1.29, 1.82) is 0 Å². The highest BCUT2D eigenvalue weighted by Gasteiger charge is 2.48. The van der Waals surface area contributed by atoms with E-state index in [4.69, 9.17) is 5.21 Å². The van der Waals surface area contributed by atoms with Crippen LogP contribution in [0, 0.1) is 0 Å². The van der Waals surface area contributed by atoms with Crippen molar-refractivity contribution in [3.63, 3.8) is 0 Å². The minimum Gasteiger partial charge on any atom is -0.467 e. The first-order chi connectivity index (χ1) is 6.94. The fourth-order valence-electron chi connectivity index (χ4n) is 1.60. The zero-order valence-electron chi connectivity index (χ0n) is 8.12. The number of hydrogen-bond donors (Lipinski definition) is 4. The molecular formula is C8H13NO6. The molecule has 1 rings (SSSR count). The molecule has 0 radical (unpaired) electrons. The molecule has 3 atom stereocenters. The number of esters is 1. The maximum atomic E-state index is 11.2. The van der Waals surface area contributed by atoms with Crippen LogP contribution >= 0.6 is 0 Å². The van der Waals surface area contributed by atoms with Crippen LogP contribution in [0.5, 0.6) is 0 Å². The highest BCUT2D eigenvalue weighted by Crippen LogP contribution is 2.28. The van der Waals surface area contributed by atoms with E-state index in [-0.39, 0.29) is 18.6 Å². The minimum absolute atomic E-state index is 0.248. The minimum atomic E-state index is -1.95. The van der Waals surface area contributed by atoms with E-state index >= 15 is 0 Å². The maximum Gasteiger partial charge on any atom is 0.338 e. The van der Waals surface area contributed by atoms with E-state index in [9.17, 15) is 20.1 Å².